The summed E-state index contributed by atoms with van der Waals surface area (Å²) in [5.41, 5.74) is 4.49. The van der Waals surface area contributed by atoms with Gasteiger partial charge in [-0.15, -0.1) is 0 Å². The van der Waals surface area contributed by atoms with E-state index in [-0.39, 0.29) is 5.97 Å². The molecular weight excluding hydrogens is 308 g/mol. The summed E-state index contributed by atoms with van der Waals surface area (Å²) in [5.74, 6) is 0.702. The molecule has 0 heterocycles. The van der Waals surface area contributed by atoms with Crippen LogP contribution in [0, 0.1) is 6.92 Å². The van der Waals surface area contributed by atoms with Crippen molar-refractivity contribution in [2.45, 2.75) is 52.9 Å². The molecule has 0 aromatic heterocycles. The fourth-order valence-electron chi connectivity index (χ4n) is 2.68. The number of carbonyl (C=O) groups is 1. The van der Waals surface area contributed by atoms with E-state index < -0.39 is 0 Å². The van der Waals surface area contributed by atoms with Crippen LogP contribution in [-0.2, 0) is 11.2 Å². The fraction of sp³-hybridized carbons (Fsp3) is 0.348. The lowest BCUT2D eigenvalue weighted by Crippen LogP contribution is -2.05. The monoisotopic (exact) mass is 336 g/mol. The minimum atomic E-state index is -0.339. The second-order valence-electron chi connectivity index (χ2n) is 6.74. The Hall–Kier alpha value is -2.35. The Morgan fingerprint density at radius 2 is 1.92 bits per heavy atom. The Kier molecular flexibility index (Phi) is 7.00. The van der Waals surface area contributed by atoms with Gasteiger partial charge in [-0.05, 0) is 60.1 Å². The van der Waals surface area contributed by atoms with Crippen LogP contribution in [-0.4, -0.2) is 5.97 Å². The number of hydrogen-bond donors (Lipinski definition) is 0. The molecule has 132 valence electrons. The van der Waals surface area contributed by atoms with Crippen molar-refractivity contribution < 1.29 is 9.53 Å². The van der Waals surface area contributed by atoms with Gasteiger partial charge in [0, 0.05) is 6.08 Å². The molecule has 0 aliphatic carbocycles. The van der Waals surface area contributed by atoms with E-state index >= 15 is 0 Å². The van der Waals surface area contributed by atoms with E-state index in [2.05, 4.69) is 32.9 Å². The van der Waals surface area contributed by atoms with Gasteiger partial charge in [0.1, 0.15) is 5.75 Å². The highest BCUT2D eigenvalue weighted by Gasteiger charge is 2.08. The second kappa shape index (κ2) is 9.22. The molecule has 0 saturated carbocycles. The summed E-state index contributed by atoms with van der Waals surface area (Å²) in [5, 5.41) is 0. The Morgan fingerprint density at radius 3 is 2.64 bits per heavy atom. The smallest absolute Gasteiger partial charge is 0.336 e. The van der Waals surface area contributed by atoms with E-state index in [0.717, 1.165) is 30.4 Å². The van der Waals surface area contributed by atoms with Gasteiger partial charge in [0.05, 0.1) is 0 Å². The second-order valence-corrected chi connectivity index (χ2v) is 6.74. The molecule has 0 atom stereocenters. The third-order valence-corrected chi connectivity index (χ3v) is 4.34. The molecule has 0 N–H and O–H groups in total. The normalized spacial score (nSPS) is 11.2. The first-order chi connectivity index (χ1) is 12.0. The summed E-state index contributed by atoms with van der Waals surface area (Å²) in [4.78, 5) is 12.2. The molecular formula is C23H28O2. The number of benzene rings is 2. The predicted molar refractivity (Wildman–Crippen MR) is 105 cm³/mol. The molecule has 0 radical (unpaired) electrons. The molecule has 2 aromatic rings. The Balaban J connectivity index is 2.10. The maximum Gasteiger partial charge on any atom is 0.336 e. The summed E-state index contributed by atoms with van der Waals surface area (Å²) < 4.78 is 5.55. The largest absolute Gasteiger partial charge is 0.423 e. The Morgan fingerprint density at radius 1 is 1.16 bits per heavy atom. The third kappa shape index (κ3) is 5.60. The Labute approximate surface area is 151 Å². The highest BCUT2D eigenvalue weighted by molar-refractivity contribution is 5.89. The lowest BCUT2D eigenvalue weighted by atomic mass is 10.0. The summed E-state index contributed by atoms with van der Waals surface area (Å²) in [6.45, 7) is 8.40. The number of carbonyl (C=O) groups excluding carboxylic acids is 1. The van der Waals surface area contributed by atoms with Crippen molar-refractivity contribution in [3.8, 4) is 5.75 Å². The lowest BCUT2D eigenvalue weighted by Gasteiger charge is -2.10. The molecule has 25 heavy (non-hydrogen) atoms. The average Bonchev–Trinajstić information content (AvgIpc) is 2.60. The first-order valence-corrected chi connectivity index (χ1v) is 9.09. The highest BCUT2D eigenvalue weighted by Crippen LogP contribution is 2.24. The zero-order chi connectivity index (χ0) is 18.2. The number of hydrogen-bond acceptors (Lipinski definition) is 2. The molecule has 0 amide bonds. The molecule has 0 saturated heterocycles. The SMILES string of the molecule is CCCCc1ccccc1/C=C/C(=O)Oc1cc(C(C)C)ccc1C. The van der Waals surface area contributed by atoms with Crippen LogP contribution in [0.4, 0.5) is 0 Å². The van der Waals surface area contributed by atoms with Gasteiger partial charge in [0.25, 0.3) is 0 Å². The number of ether oxygens (including phenoxy) is 1. The van der Waals surface area contributed by atoms with Crippen molar-refractivity contribution in [2.24, 2.45) is 0 Å². The van der Waals surface area contributed by atoms with Crippen molar-refractivity contribution in [3.05, 3.63) is 70.8 Å². The standard InChI is InChI=1S/C23H28O2/c1-5-6-9-19-10-7-8-11-20(19)14-15-23(24)25-22-16-21(17(2)3)13-12-18(22)4/h7-8,10-17H,5-6,9H2,1-4H3/b15-14+. The molecule has 2 aromatic carbocycles. The van der Waals surface area contributed by atoms with Crippen molar-refractivity contribution >= 4 is 12.0 Å². The molecule has 2 rings (SSSR count). The van der Waals surface area contributed by atoms with Crippen LogP contribution in [0.1, 0.15) is 61.8 Å². The average molecular weight is 336 g/mol. The highest BCUT2D eigenvalue weighted by atomic mass is 16.5. The Bertz CT molecular complexity index is 742. The van der Waals surface area contributed by atoms with Crippen LogP contribution in [0.5, 0.6) is 5.75 Å². The van der Waals surface area contributed by atoms with Gasteiger partial charge in [0.15, 0.2) is 0 Å². The van der Waals surface area contributed by atoms with Gasteiger partial charge in [-0.3, -0.25) is 0 Å². The minimum absolute atomic E-state index is 0.339. The van der Waals surface area contributed by atoms with Crippen LogP contribution >= 0.6 is 0 Å². The maximum atomic E-state index is 12.2. The van der Waals surface area contributed by atoms with Crippen molar-refractivity contribution in [2.75, 3.05) is 0 Å². The topological polar surface area (TPSA) is 26.3 Å². The summed E-state index contributed by atoms with van der Waals surface area (Å²) in [6.07, 6.45) is 6.71. The predicted octanol–water partition coefficient (Wildman–Crippen LogP) is 6.08. The van der Waals surface area contributed by atoms with Gasteiger partial charge in [-0.25, -0.2) is 4.79 Å². The van der Waals surface area contributed by atoms with Crippen LogP contribution in [0.15, 0.2) is 48.5 Å². The van der Waals surface area contributed by atoms with Gasteiger partial charge in [-0.1, -0.05) is 63.6 Å². The quantitative estimate of drug-likeness (QED) is 0.348. The molecule has 2 nitrogen and oxygen atoms in total. The van der Waals surface area contributed by atoms with E-state index in [1.54, 1.807) is 0 Å². The van der Waals surface area contributed by atoms with Crippen molar-refractivity contribution in [3.63, 3.8) is 0 Å². The van der Waals surface area contributed by atoms with Crippen LogP contribution in [0.3, 0.4) is 0 Å². The van der Waals surface area contributed by atoms with Crippen LogP contribution < -0.4 is 4.74 Å². The number of rotatable bonds is 7. The van der Waals surface area contributed by atoms with E-state index in [4.69, 9.17) is 4.74 Å². The minimum Gasteiger partial charge on any atom is -0.423 e. The summed E-state index contributed by atoms with van der Waals surface area (Å²) >= 11 is 0. The summed E-state index contributed by atoms with van der Waals surface area (Å²) in [7, 11) is 0. The number of aryl methyl sites for hydroxylation is 2. The first kappa shape index (κ1) is 19.0. The zero-order valence-corrected chi connectivity index (χ0v) is 15.7. The van der Waals surface area contributed by atoms with Crippen LogP contribution in [0.25, 0.3) is 6.08 Å². The summed E-state index contributed by atoms with van der Waals surface area (Å²) in [6, 6.07) is 14.2. The molecule has 0 aliphatic rings. The molecule has 0 bridgehead atoms. The van der Waals surface area contributed by atoms with Crippen molar-refractivity contribution in [1.29, 1.82) is 0 Å². The van der Waals surface area contributed by atoms with Gasteiger partial charge >= 0.3 is 5.97 Å². The van der Waals surface area contributed by atoms with Gasteiger partial charge in [-0.2, -0.15) is 0 Å². The van der Waals surface area contributed by atoms with Crippen LogP contribution in [0.2, 0.25) is 0 Å². The van der Waals surface area contributed by atoms with Gasteiger partial charge < -0.3 is 4.74 Å². The van der Waals surface area contributed by atoms with E-state index in [0.29, 0.717) is 11.7 Å². The van der Waals surface area contributed by atoms with Crippen molar-refractivity contribution in [1.82, 2.24) is 0 Å². The van der Waals surface area contributed by atoms with E-state index in [1.165, 1.54) is 17.2 Å². The fourth-order valence-corrected chi connectivity index (χ4v) is 2.68. The maximum absolute atomic E-state index is 12.2. The van der Waals surface area contributed by atoms with E-state index in [1.807, 2.05) is 43.3 Å². The third-order valence-electron chi connectivity index (χ3n) is 4.34. The first-order valence-electron chi connectivity index (χ1n) is 9.09. The molecule has 0 unspecified atom stereocenters. The lowest BCUT2D eigenvalue weighted by molar-refractivity contribution is -0.128. The van der Waals surface area contributed by atoms with Gasteiger partial charge in [0.2, 0.25) is 0 Å². The molecule has 2 heteroatoms. The molecule has 0 aliphatic heterocycles. The zero-order valence-electron chi connectivity index (χ0n) is 15.7. The number of unbranched alkanes of at least 4 members (excludes halogenated alkanes) is 1. The molecule has 0 fully saturated rings. The van der Waals surface area contributed by atoms with E-state index in [9.17, 15) is 4.79 Å². The molecule has 0 spiro atoms. The number of esters is 1.